The highest BCUT2D eigenvalue weighted by atomic mass is 32.1. The fourth-order valence-corrected chi connectivity index (χ4v) is 3.40. The number of oxime groups is 1. The third kappa shape index (κ3) is 2.82. The summed E-state index contributed by atoms with van der Waals surface area (Å²) in [5, 5.41) is 13.1. The summed E-state index contributed by atoms with van der Waals surface area (Å²) in [5.41, 5.74) is 5.37. The van der Waals surface area contributed by atoms with Crippen molar-refractivity contribution in [2.24, 2.45) is 10.9 Å². The second-order valence-electron chi connectivity index (χ2n) is 6.23. The van der Waals surface area contributed by atoms with E-state index in [0.717, 1.165) is 37.1 Å². The van der Waals surface area contributed by atoms with E-state index < -0.39 is 5.54 Å². The predicted molar refractivity (Wildman–Crippen MR) is 83.2 cm³/mol. The van der Waals surface area contributed by atoms with Crippen molar-refractivity contribution in [3.8, 4) is 0 Å². The van der Waals surface area contributed by atoms with Crippen LogP contribution in [0.3, 0.4) is 0 Å². The van der Waals surface area contributed by atoms with Crippen LogP contribution in [-0.4, -0.2) is 57.0 Å². The zero-order chi connectivity index (χ0) is 15.0. The molecule has 1 aliphatic heterocycles. The molecule has 0 atom stereocenters. The van der Waals surface area contributed by atoms with Crippen molar-refractivity contribution < 1.29 is 5.21 Å². The van der Waals surface area contributed by atoms with E-state index >= 15 is 0 Å². The van der Waals surface area contributed by atoms with Crippen molar-refractivity contribution in [1.29, 1.82) is 0 Å². The van der Waals surface area contributed by atoms with Gasteiger partial charge in [0.05, 0.1) is 5.54 Å². The first-order chi connectivity index (χ1) is 10.0. The van der Waals surface area contributed by atoms with E-state index in [0.29, 0.717) is 5.92 Å². The van der Waals surface area contributed by atoms with Crippen LogP contribution in [0.5, 0.6) is 0 Å². The number of nitrogens with two attached hydrogens (primary N) is 1. The van der Waals surface area contributed by atoms with Gasteiger partial charge in [0.15, 0.2) is 5.84 Å². The molecule has 2 heterocycles. The lowest BCUT2D eigenvalue weighted by Gasteiger charge is -2.43. The molecule has 1 aromatic rings. The van der Waals surface area contributed by atoms with Gasteiger partial charge in [-0.2, -0.15) is 4.37 Å². The number of anilines is 1. The normalized spacial score (nSPS) is 21.8. The Kier molecular flexibility index (Phi) is 3.75. The minimum Gasteiger partial charge on any atom is -0.409 e. The molecule has 0 radical (unpaired) electrons. The van der Waals surface area contributed by atoms with Crippen LogP contribution in [-0.2, 0) is 0 Å². The molecule has 21 heavy (non-hydrogen) atoms. The Morgan fingerprint density at radius 2 is 2.00 bits per heavy atom. The molecule has 1 aliphatic carbocycles. The molecule has 2 aliphatic rings. The quantitative estimate of drug-likeness (QED) is 0.374. The van der Waals surface area contributed by atoms with Gasteiger partial charge in [-0.1, -0.05) is 5.16 Å². The van der Waals surface area contributed by atoms with E-state index in [2.05, 4.69) is 24.3 Å². The molecule has 1 saturated carbocycles. The average Bonchev–Trinajstić information content (AvgIpc) is 3.24. The fraction of sp³-hybridized carbons (Fsp3) is 0.769. The van der Waals surface area contributed by atoms with Crippen molar-refractivity contribution in [3.05, 3.63) is 5.82 Å². The van der Waals surface area contributed by atoms with Gasteiger partial charge in [-0.05, 0) is 26.7 Å². The molecule has 3 N–H and O–H groups in total. The van der Waals surface area contributed by atoms with Gasteiger partial charge < -0.3 is 15.8 Å². The topological polar surface area (TPSA) is 90.9 Å². The van der Waals surface area contributed by atoms with Crippen molar-refractivity contribution in [2.45, 2.75) is 38.1 Å². The molecule has 2 fully saturated rings. The Balaban J connectivity index is 1.61. The first kappa shape index (κ1) is 14.5. The van der Waals surface area contributed by atoms with E-state index in [-0.39, 0.29) is 5.84 Å². The number of aromatic nitrogens is 2. The smallest absolute Gasteiger partial charge is 0.205 e. The molecule has 0 amide bonds. The van der Waals surface area contributed by atoms with Gasteiger partial charge >= 0.3 is 0 Å². The lowest BCUT2D eigenvalue weighted by atomic mass is 10.0. The second kappa shape index (κ2) is 5.42. The number of rotatable bonds is 4. The summed E-state index contributed by atoms with van der Waals surface area (Å²) in [4.78, 5) is 9.18. The summed E-state index contributed by atoms with van der Waals surface area (Å²) in [7, 11) is 0. The monoisotopic (exact) mass is 310 g/mol. The Labute approximate surface area is 128 Å². The molecule has 0 unspecified atom stereocenters. The molecule has 0 spiro atoms. The Bertz CT molecular complexity index is 531. The zero-order valence-corrected chi connectivity index (χ0v) is 13.3. The molecule has 1 aromatic heterocycles. The predicted octanol–water partition coefficient (Wildman–Crippen LogP) is 1.06. The molecule has 1 saturated heterocycles. The molecular weight excluding hydrogens is 288 g/mol. The van der Waals surface area contributed by atoms with Crippen LogP contribution in [0.2, 0.25) is 0 Å². The van der Waals surface area contributed by atoms with Gasteiger partial charge in [-0.15, -0.1) is 0 Å². The van der Waals surface area contributed by atoms with Gasteiger partial charge in [-0.25, -0.2) is 4.98 Å². The van der Waals surface area contributed by atoms with Gasteiger partial charge in [-0.3, -0.25) is 4.90 Å². The van der Waals surface area contributed by atoms with Crippen LogP contribution in [0.1, 0.15) is 38.4 Å². The van der Waals surface area contributed by atoms with E-state index in [1.807, 2.05) is 13.8 Å². The van der Waals surface area contributed by atoms with Gasteiger partial charge in [0.1, 0.15) is 5.82 Å². The van der Waals surface area contributed by atoms with Crippen molar-refractivity contribution in [3.63, 3.8) is 0 Å². The SMILES string of the molecule is CC(C)(C(N)=NO)N1CCN(c2nc(C3CC3)ns2)CC1. The van der Waals surface area contributed by atoms with Crippen LogP contribution in [0.15, 0.2) is 5.16 Å². The maximum absolute atomic E-state index is 8.90. The van der Waals surface area contributed by atoms with E-state index in [9.17, 15) is 0 Å². The van der Waals surface area contributed by atoms with Crippen LogP contribution in [0, 0.1) is 0 Å². The first-order valence-electron chi connectivity index (χ1n) is 7.34. The number of amidine groups is 1. The second-order valence-corrected chi connectivity index (χ2v) is 6.96. The summed E-state index contributed by atoms with van der Waals surface area (Å²) >= 11 is 1.50. The molecule has 116 valence electrons. The van der Waals surface area contributed by atoms with Gasteiger partial charge in [0, 0.05) is 43.6 Å². The lowest BCUT2D eigenvalue weighted by molar-refractivity contribution is 0.161. The highest BCUT2D eigenvalue weighted by molar-refractivity contribution is 7.09. The van der Waals surface area contributed by atoms with Crippen LogP contribution >= 0.6 is 11.5 Å². The number of nitrogens with zero attached hydrogens (tertiary/aromatic N) is 5. The van der Waals surface area contributed by atoms with Gasteiger partial charge in [0.2, 0.25) is 5.13 Å². The Morgan fingerprint density at radius 1 is 1.33 bits per heavy atom. The van der Waals surface area contributed by atoms with E-state index in [4.69, 9.17) is 10.9 Å². The van der Waals surface area contributed by atoms with Gasteiger partial charge in [0.25, 0.3) is 0 Å². The average molecular weight is 310 g/mol. The lowest BCUT2D eigenvalue weighted by Crippen LogP contribution is -2.59. The number of piperazine rings is 1. The number of hydrogen-bond acceptors (Lipinski definition) is 7. The number of hydrogen-bond donors (Lipinski definition) is 2. The van der Waals surface area contributed by atoms with E-state index in [1.165, 1.54) is 24.4 Å². The zero-order valence-electron chi connectivity index (χ0n) is 12.5. The van der Waals surface area contributed by atoms with Crippen LogP contribution in [0.25, 0.3) is 0 Å². The third-order valence-electron chi connectivity index (χ3n) is 4.45. The largest absolute Gasteiger partial charge is 0.409 e. The molecular formula is C13H22N6OS. The fourth-order valence-electron chi connectivity index (χ4n) is 2.60. The van der Waals surface area contributed by atoms with Crippen molar-refractivity contribution >= 4 is 22.5 Å². The first-order valence-corrected chi connectivity index (χ1v) is 8.11. The van der Waals surface area contributed by atoms with Crippen molar-refractivity contribution in [2.75, 3.05) is 31.1 Å². The standard InChI is InChI=1S/C13H22N6OS/c1-13(2,11(14)16-20)19-7-5-18(6-8-19)12-15-10(17-21-12)9-3-4-9/h9,20H,3-8H2,1-2H3,(H2,14,16). The molecule has 3 rings (SSSR count). The Hall–Kier alpha value is -1.41. The Morgan fingerprint density at radius 3 is 2.57 bits per heavy atom. The summed E-state index contributed by atoms with van der Waals surface area (Å²) in [5.74, 6) is 1.88. The van der Waals surface area contributed by atoms with Crippen molar-refractivity contribution in [1.82, 2.24) is 14.3 Å². The van der Waals surface area contributed by atoms with Crippen LogP contribution < -0.4 is 10.6 Å². The third-order valence-corrected chi connectivity index (χ3v) is 5.24. The highest BCUT2D eigenvalue weighted by Crippen LogP contribution is 2.39. The maximum atomic E-state index is 8.90. The minimum atomic E-state index is -0.429. The summed E-state index contributed by atoms with van der Waals surface area (Å²) in [6, 6.07) is 0. The molecule has 0 aromatic carbocycles. The molecule has 8 heteroatoms. The summed E-state index contributed by atoms with van der Waals surface area (Å²) < 4.78 is 4.47. The van der Waals surface area contributed by atoms with E-state index in [1.54, 1.807) is 0 Å². The summed E-state index contributed by atoms with van der Waals surface area (Å²) in [6.07, 6.45) is 2.47. The van der Waals surface area contributed by atoms with Crippen LogP contribution in [0.4, 0.5) is 5.13 Å². The minimum absolute atomic E-state index is 0.253. The highest BCUT2D eigenvalue weighted by Gasteiger charge is 2.35. The molecule has 0 bridgehead atoms. The summed E-state index contributed by atoms with van der Waals surface area (Å²) in [6.45, 7) is 7.47. The molecule has 7 nitrogen and oxygen atoms in total. The maximum Gasteiger partial charge on any atom is 0.205 e.